The van der Waals surface area contributed by atoms with Crippen LogP contribution in [-0.4, -0.2) is 54.3 Å². The van der Waals surface area contributed by atoms with Gasteiger partial charge in [-0.15, -0.1) is 0 Å². The van der Waals surface area contributed by atoms with Crippen LogP contribution in [-0.2, 0) is 34.8 Å². The van der Waals surface area contributed by atoms with Crippen LogP contribution in [0.15, 0.2) is 24.3 Å². The Balaban J connectivity index is 3.06. The highest BCUT2D eigenvalue weighted by Crippen LogP contribution is 2.30. The normalized spacial score (nSPS) is 14.4. The number of aliphatic hydroxyl groups is 1. The quantitative estimate of drug-likeness (QED) is 0.404. The molecule has 1 rings (SSSR count). The summed E-state index contributed by atoms with van der Waals surface area (Å²) in [6.45, 7) is 1.17. The van der Waals surface area contributed by atoms with E-state index in [-0.39, 0.29) is 5.56 Å². The minimum absolute atomic E-state index is 0.227. The maximum Gasteiger partial charge on any atom is 0.416 e. The molecule has 1 aromatic rings. The van der Waals surface area contributed by atoms with Gasteiger partial charge in [0.15, 0.2) is 12.0 Å². The lowest BCUT2D eigenvalue weighted by atomic mass is 9.87. The van der Waals surface area contributed by atoms with Gasteiger partial charge in [0.05, 0.1) is 19.8 Å². The molecule has 0 saturated carbocycles. The number of carbonyl (C=O) groups is 4. The number of amides is 1. The van der Waals surface area contributed by atoms with E-state index >= 15 is 0 Å². The number of methoxy groups -OCH3 is 2. The van der Waals surface area contributed by atoms with E-state index in [2.05, 4.69) is 9.47 Å². The van der Waals surface area contributed by atoms with Crippen LogP contribution in [0, 0.1) is 11.8 Å². The number of benzene rings is 1. The van der Waals surface area contributed by atoms with Gasteiger partial charge < -0.3 is 25.0 Å². The first-order valence-corrected chi connectivity index (χ1v) is 8.39. The minimum atomic E-state index is -4.62. The van der Waals surface area contributed by atoms with E-state index in [4.69, 9.17) is 0 Å². The zero-order chi connectivity index (χ0) is 23.2. The molecule has 0 aromatic heterocycles. The number of carboxylic acids is 1. The molecule has 3 atom stereocenters. The van der Waals surface area contributed by atoms with Crippen LogP contribution in [0.1, 0.15) is 24.2 Å². The third kappa shape index (κ3) is 5.92. The number of carbonyl (C=O) groups excluding carboxylic acids is 3. The molecule has 1 amide bonds. The van der Waals surface area contributed by atoms with Crippen molar-refractivity contribution in [3.05, 3.63) is 35.4 Å². The first-order chi connectivity index (χ1) is 13.8. The largest absolute Gasteiger partial charge is 0.480 e. The summed E-state index contributed by atoms with van der Waals surface area (Å²) in [5.41, 5.74) is -1.23. The van der Waals surface area contributed by atoms with E-state index < -0.39 is 59.5 Å². The van der Waals surface area contributed by atoms with Crippen molar-refractivity contribution < 1.29 is 52.0 Å². The number of nitrogens with one attached hydrogen (secondary N) is 1. The van der Waals surface area contributed by atoms with Gasteiger partial charge in [-0.1, -0.05) is 19.1 Å². The van der Waals surface area contributed by atoms with Crippen molar-refractivity contribution in [2.45, 2.75) is 25.2 Å². The molecule has 0 spiro atoms. The van der Waals surface area contributed by atoms with Crippen molar-refractivity contribution >= 4 is 23.8 Å². The Labute approximate surface area is 168 Å². The number of hydrogen-bond donors (Lipinski definition) is 3. The fourth-order valence-electron chi connectivity index (χ4n) is 2.63. The van der Waals surface area contributed by atoms with Gasteiger partial charge >= 0.3 is 24.1 Å². The number of alkyl halides is 3. The summed E-state index contributed by atoms with van der Waals surface area (Å²) >= 11 is 0. The SMILES string of the molecule is COC(=O)C(C(=O)OC)[C@@H](C)[C@H](NC(=O)[C@@H](O)c1ccc(C(F)(F)F)cc1)C(=O)O. The van der Waals surface area contributed by atoms with E-state index in [1.807, 2.05) is 5.32 Å². The smallest absolute Gasteiger partial charge is 0.416 e. The average molecular weight is 435 g/mol. The molecule has 0 aliphatic heterocycles. The number of halogens is 3. The van der Waals surface area contributed by atoms with Gasteiger partial charge in [0.1, 0.15) is 6.04 Å². The molecule has 0 heterocycles. The summed E-state index contributed by atoms with van der Waals surface area (Å²) in [5.74, 6) is -8.14. The molecule has 12 heteroatoms. The van der Waals surface area contributed by atoms with Crippen molar-refractivity contribution in [3.8, 4) is 0 Å². The van der Waals surface area contributed by atoms with Gasteiger partial charge in [0, 0.05) is 5.92 Å². The van der Waals surface area contributed by atoms with Crippen molar-refractivity contribution in [2.75, 3.05) is 14.2 Å². The van der Waals surface area contributed by atoms with Crippen LogP contribution < -0.4 is 5.32 Å². The van der Waals surface area contributed by atoms with Gasteiger partial charge in [-0.25, -0.2) is 4.79 Å². The summed E-state index contributed by atoms with van der Waals surface area (Å²) in [6.07, 6.45) is -6.62. The highest BCUT2D eigenvalue weighted by molar-refractivity contribution is 5.96. The van der Waals surface area contributed by atoms with Crippen molar-refractivity contribution in [1.29, 1.82) is 0 Å². The highest BCUT2D eigenvalue weighted by atomic mass is 19.4. The van der Waals surface area contributed by atoms with Gasteiger partial charge in [-0.3, -0.25) is 14.4 Å². The van der Waals surface area contributed by atoms with Crippen molar-refractivity contribution in [3.63, 3.8) is 0 Å². The molecule has 0 unspecified atom stereocenters. The first kappa shape index (κ1) is 24.9. The number of rotatable bonds is 8. The van der Waals surface area contributed by atoms with E-state index in [9.17, 15) is 42.6 Å². The van der Waals surface area contributed by atoms with Crippen LogP contribution >= 0.6 is 0 Å². The predicted octanol–water partition coefficient (Wildman–Crippen LogP) is 0.907. The van der Waals surface area contributed by atoms with Crippen LogP contribution in [0.2, 0.25) is 0 Å². The second kappa shape index (κ2) is 10.1. The van der Waals surface area contributed by atoms with Gasteiger partial charge in [-0.2, -0.15) is 13.2 Å². The van der Waals surface area contributed by atoms with Crippen LogP contribution in [0.5, 0.6) is 0 Å². The third-order valence-corrected chi connectivity index (χ3v) is 4.33. The van der Waals surface area contributed by atoms with Crippen LogP contribution in [0.25, 0.3) is 0 Å². The number of hydrogen-bond acceptors (Lipinski definition) is 7. The maximum atomic E-state index is 12.6. The first-order valence-electron chi connectivity index (χ1n) is 8.39. The number of aliphatic hydroxyl groups excluding tert-OH is 1. The van der Waals surface area contributed by atoms with E-state index in [1.54, 1.807) is 0 Å². The number of ether oxygens (including phenoxy) is 2. The maximum absolute atomic E-state index is 12.6. The van der Waals surface area contributed by atoms with Crippen LogP contribution in [0.3, 0.4) is 0 Å². The number of esters is 2. The fraction of sp³-hybridized carbons (Fsp3) is 0.444. The molecule has 1 aromatic carbocycles. The Hall–Kier alpha value is -3.15. The molecule has 9 nitrogen and oxygen atoms in total. The Morgan fingerprint density at radius 1 is 1.00 bits per heavy atom. The molecular weight excluding hydrogens is 415 g/mol. The lowest BCUT2D eigenvalue weighted by Gasteiger charge is -2.26. The zero-order valence-corrected chi connectivity index (χ0v) is 16.1. The zero-order valence-electron chi connectivity index (χ0n) is 16.1. The van der Waals surface area contributed by atoms with Gasteiger partial charge in [0.25, 0.3) is 5.91 Å². The topological polar surface area (TPSA) is 139 Å². The Morgan fingerprint density at radius 2 is 1.47 bits per heavy atom. The van der Waals surface area contributed by atoms with E-state index in [1.165, 1.54) is 6.92 Å². The van der Waals surface area contributed by atoms with Gasteiger partial charge in [-0.05, 0) is 17.7 Å². The van der Waals surface area contributed by atoms with E-state index in [0.717, 1.165) is 26.4 Å². The van der Waals surface area contributed by atoms with Crippen LogP contribution in [0.4, 0.5) is 13.2 Å². The molecule has 0 fully saturated rings. The molecule has 0 saturated heterocycles. The summed E-state index contributed by atoms with van der Waals surface area (Å²) < 4.78 is 46.8. The average Bonchev–Trinajstić information content (AvgIpc) is 2.69. The molecule has 0 radical (unpaired) electrons. The van der Waals surface area contributed by atoms with Crippen molar-refractivity contribution in [1.82, 2.24) is 5.32 Å². The Morgan fingerprint density at radius 3 is 1.83 bits per heavy atom. The summed E-state index contributed by atoms with van der Waals surface area (Å²) in [6, 6.07) is 1.18. The monoisotopic (exact) mass is 435 g/mol. The highest BCUT2D eigenvalue weighted by Gasteiger charge is 2.42. The van der Waals surface area contributed by atoms with Crippen molar-refractivity contribution in [2.24, 2.45) is 11.8 Å². The summed E-state index contributed by atoms with van der Waals surface area (Å²) in [5, 5.41) is 21.4. The molecule has 3 N–H and O–H groups in total. The fourth-order valence-corrected chi connectivity index (χ4v) is 2.63. The lowest BCUT2D eigenvalue weighted by Crippen LogP contribution is -2.51. The summed E-state index contributed by atoms with van der Waals surface area (Å²) in [4.78, 5) is 47.6. The third-order valence-electron chi connectivity index (χ3n) is 4.33. The second-order valence-electron chi connectivity index (χ2n) is 6.23. The number of carboxylic acid groups (broad SMARTS) is 1. The van der Waals surface area contributed by atoms with Gasteiger partial charge in [0.2, 0.25) is 0 Å². The molecular formula is C18H20F3NO8. The molecule has 30 heavy (non-hydrogen) atoms. The van der Waals surface area contributed by atoms with E-state index in [0.29, 0.717) is 12.1 Å². The molecule has 0 aliphatic rings. The second-order valence-corrected chi connectivity index (χ2v) is 6.23. The summed E-state index contributed by atoms with van der Waals surface area (Å²) in [7, 11) is 1.93. The Kier molecular flexibility index (Phi) is 8.34. The molecule has 166 valence electrons. The number of aliphatic carboxylic acids is 1. The molecule has 0 aliphatic carbocycles. The standard InChI is InChI=1S/C18H20F3NO8/c1-8(11(16(27)29-2)17(28)30-3)12(15(25)26)22-14(24)13(23)9-4-6-10(7-5-9)18(19,20)21/h4-8,11-13,23H,1-3H3,(H,22,24)(H,25,26)/t8-,12+,13+/m1/s1. The minimum Gasteiger partial charge on any atom is -0.480 e. The lowest BCUT2D eigenvalue weighted by molar-refractivity contribution is -0.163. The molecule has 0 bridgehead atoms. The Bertz CT molecular complexity index is 778. The predicted molar refractivity (Wildman–Crippen MR) is 92.7 cm³/mol.